The van der Waals surface area contributed by atoms with Crippen LogP contribution in [0, 0.1) is 0 Å². The number of carbonyl (C=O) groups is 1. The first-order valence-corrected chi connectivity index (χ1v) is 6.15. The average molecular weight is 260 g/mol. The highest BCUT2D eigenvalue weighted by Gasteiger charge is 2.16. The Labute approximate surface area is 111 Å². The second-order valence-electron chi connectivity index (χ2n) is 4.06. The van der Waals surface area contributed by atoms with Crippen molar-refractivity contribution in [2.45, 2.75) is 26.3 Å². The predicted octanol–water partition coefficient (Wildman–Crippen LogP) is 1.52. The van der Waals surface area contributed by atoms with Crippen molar-refractivity contribution in [2.24, 2.45) is 0 Å². The summed E-state index contributed by atoms with van der Waals surface area (Å²) in [6.45, 7) is 2.81. The number of Topliss-reactive ketones (excluding diaryl/α,β-unsaturated/α-hetero) is 1. The summed E-state index contributed by atoms with van der Waals surface area (Å²) < 4.78 is 6.84. The Kier molecular flexibility index (Phi) is 4.22. The number of nitrogens with zero attached hydrogens (tertiary/aromatic N) is 4. The predicted molar refractivity (Wildman–Crippen MR) is 69.1 cm³/mol. The number of rotatable bonds is 6. The zero-order valence-electron chi connectivity index (χ0n) is 11.0. The summed E-state index contributed by atoms with van der Waals surface area (Å²) in [6, 6.07) is 3.42. The van der Waals surface area contributed by atoms with Crippen LogP contribution in [0.25, 0.3) is 0 Å². The number of hydrogen-bond acceptors (Lipinski definition) is 5. The number of carbonyl (C=O) groups excluding carboxylic acids is 1. The fraction of sp³-hybridized carbons (Fsp3) is 0.385. The third kappa shape index (κ3) is 2.96. The lowest BCUT2D eigenvalue weighted by Gasteiger charge is -2.06. The van der Waals surface area contributed by atoms with Crippen LogP contribution in [0.4, 0.5) is 0 Å². The molecule has 2 rings (SSSR count). The van der Waals surface area contributed by atoms with Gasteiger partial charge in [0.05, 0.1) is 19.1 Å². The van der Waals surface area contributed by atoms with Gasteiger partial charge in [0, 0.05) is 12.7 Å². The number of hydrogen-bond donors (Lipinski definition) is 0. The van der Waals surface area contributed by atoms with Crippen LogP contribution in [0.3, 0.4) is 0 Å². The highest BCUT2D eigenvalue weighted by atomic mass is 16.5. The smallest absolute Gasteiger partial charge is 0.224 e. The van der Waals surface area contributed by atoms with E-state index < -0.39 is 0 Å². The molecule has 2 heterocycles. The Balaban J connectivity index is 2.18. The molecule has 2 aromatic heterocycles. The molecule has 0 saturated carbocycles. The van der Waals surface area contributed by atoms with E-state index in [1.165, 1.54) is 13.4 Å². The van der Waals surface area contributed by atoms with Gasteiger partial charge in [-0.3, -0.25) is 4.79 Å². The van der Waals surface area contributed by atoms with Gasteiger partial charge in [0.1, 0.15) is 12.2 Å². The van der Waals surface area contributed by atoms with Crippen molar-refractivity contribution >= 4 is 5.78 Å². The van der Waals surface area contributed by atoms with Crippen LogP contribution in [-0.2, 0) is 13.0 Å². The van der Waals surface area contributed by atoms with Crippen LogP contribution in [0.15, 0.2) is 24.7 Å². The van der Waals surface area contributed by atoms with Gasteiger partial charge in [-0.2, -0.15) is 5.10 Å². The Bertz CT molecular complexity index is 565. The highest BCUT2D eigenvalue weighted by Crippen LogP contribution is 2.16. The van der Waals surface area contributed by atoms with Gasteiger partial charge < -0.3 is 4.74 Å². The topological polar surface area (TPSA) is 69.9 Å². The van der Waals surface area contributed by atoms with Crippen molar-refractivity contribution in [1.82, 2.24) is 19.7 Å². The fourth-order valence-corrected chi connectivity index (χ4v) is 1.83. The van der Waals surface area contributed by atoms with Gasteiger partial charge in [-0.15, -0.1) is 0 Å². The van der Waals surface area contributed by atoms with E-state index in [4.69, 9.17) is 4.74 Å². The van der Waals surface area contributed by atoms with Gasteiger partial charge in [0.15, 0.2) is 5.78 Å². The van der Waals surface area contributed by atoms with Crippen LogP contribution in [-0.4, -0.2) is 32.6 Å². The second-order valence-corrected chi connectivity index (χ2v) is 4.06. The van der Waals surface area contributed by atoms with Crippen molar-refractivity contribution < 1.29 is 9.53 Å². The molecule has 0 unspecified atom stereocenters. The van der Waals surface area contributed by atoms with E-state index in [0.29, 0.717) is 17.3 Å². The van der Waals surface area contributed by atoms with Gasteiger partial charge in [-0.25, -0.2) is 14.6 Å². The molecule has 100 valence electrons. The van der Waals surface area contributed by atoms with Crippen LogP contribution in [0.5, 0.6) is 5.88 Å². The van der Waals surface area contributed by atoms with Gasteiger partial charge in [-0.1, -0.05) is 6.92 Å². The lowest BCUT2D eigenvalue weighted by atomic mass is 10.1. The van der Waals surface area contributed by atoms with E-state index in [-0.39, 0.29) is 12.2 Å². The molecule has 6 heteroatoms. The van der Waals surface area contributed by atoms with E-state index in [0.717, 1.165) is 13.0 Å². The second kappa shape index (κ2) is 6.08. The van der Waals surface area contributed by atoms with Crippen molar-refractivity contribution in [1.29, 1.82) is 0 Å². The van der Waals surface area contributed by atoms with Crippen LogP contribution < -0.4 is 4.74 Å². The molecule has 0 N–H and O–H groups in total. The van der Waals surface area contributed by atoms with Crippen LogP contribution >= 0.6 is 0 Å². The third-order valence-corrected chi connectivity index (χ3v) is 2.71. The number of ether oxygens (including phenoxy) is 1. The monoisotopic (exact) mass is 260 g/mol. The highest BCUT2D eigenvalue weighted by molar-refractivity contribution is 5.99. The summed E-state index contributed by atoms with van der Waals surface area (Å²) in [5.41, 5.74) is 0.469. The number of pyridine rings is 1. The molecule has 0 atom stereocenters. The molecule has 0 aliphatic heterocycles. The molecule has 0 saturated heterocycles. The Morgan fingerprint density at radius 1 is 1.42 bits per heavy atom. The molecular weight excluding hydrogens is 244 g/mol. The summed E-state index contributed by atoms with van der Waals surface area (Å²) in [5, 5.41) is 4.10. The minimum absolute atomic E-state index is 0.0738. The summed E-state index contributed by atoms with van der Waals surface area (Å²) in [7, 11) is 1.50. The zero-order valence-corrected chi connectivity index (χ0v) is 11.0. The SMILES string of the molecule is CCCn1ncnc1CC(=O)c1cccnc1OC. The number of aryl methyl sites for hydroxylation is 1. The first-order valence-electron chi connectivity index (χ1n) is 6.15. The van der Waals surface area contributed by atoms with Gasteiger partial charge in [-0.05, 0) is 18.6 Å². The third-order valence-electron chi connectivity index (χ3n) is 2.71. The molecule has 0 aromatic carbocycles. The molecule has 0 aliphatic carbocycles. The Morgan fingerprint density at radius 2 is 2.26 bits per heavy atom. The maximum absolute atomic E-state index is 12.2. The number of aromatic nitrogens is 4. The molecule has 0 bridgehead atoms. The number of methoxy groups -OCH3 is 1. The van der Waals surface area contributed by atoms with Crippen LogP contribution in [0.1, 0.15) is 29.5 Å². The Hall–Kier alpha value is -2.24. The zero-order chi connectivity index (χ0) is 13.7. The molecule has 0 amide bonds. The first kappa shape index (κ1) is 13.2. The van der Waals surface area contributed by atoms with Gasteiger partial charge in [0.25, 0.3) is 0 Å². The average Bonchev–Trinajstić information content (AvgIpc) is 2.86. The van der Waals surface area contributed by atoms with Crippen molar-refractivity contribution in [2.75, 3.05) is 7.11 Å². The molecule has 0 spiro atoms. The molecule has 6 nitrogen and oxygen atoms in total. The molecule has 0 radical (unpaired) electrons. The standard InChI is InChI=1S/C13H16N4O2/c1-3-7-17-12(15-9-16-17)8-11(18)10-5-4-6-14-13(10)19-2/h4-6,9H,3,7-8H2,1-2H3. The minimum Gasteiger partial charge on any atom is -0.480 e. The molecule has 0 fully saturated rings. The molecule has 2 aromatic rings. The van der Waals surface area contributed by atoms with Crippen LogP contribution in [0.2, 0.25) is 0 Å². The van der Waals surface area contributed by atoms with E-state index >= 15 is 0 Å². The molecular formula is C13H16N4O2. The van der Waals surface area contributed by atoms with E-state index in [1.54, 1.807) is 23.0 Å². The van der Waals surface area contributed by atoms with E-state index in [1.807, 2.05) is 0 Å². The first-order chi connectivity index (χ1) is 9.26. The van der Waals surface area contributed by atoms with Crippen molar-refractivity contribution in [3.63, 3.8) is 0 Å². The van der Waals surface area contributed by atoms with E-state index in [9.17, 15) is 4.79 Å². The van der Waals surface area contributed by atoms with Gasteiger partial charge >= 0.3 is 0 Å². The lowest BCUT2D eigenvalue weighted by molar-refractivity contribution is 0.0985. The lowest BCUT2D eigenvalue weighted by Crippen LogP contribution is -2.12. The van der Waals surface area contributed by atoms with Gasteiger partial charge in [0.2, 0.25) is 5.88 Å². The van der Waals surface area contributed by atoms with Crippen molar-refractivity contribution in [3.8, 4) is 5.88 Å². The minimum atomic E-state index is -0.0738. The summed E-state index contributed by atoms with van der Waals surface area (Å²) >= 11 is 0. The maximum Gasteiger partial charge on any atom is 0.224 e. The van der Waals surface area contributed by atoms with Crippen molar-refractivity contribution in [3.05, 3.63) is 36.0 Å². The Morgan fingerprint density at radius 3 is 3.00 bits per heavy atom. The fourth-order valence-electron chi connectivity index (χ4n) is 1.83. The largest absolute Gasteiger partial charge is 0.480 e. The summed E-state index contributed by atoms with van der Waals surface area (Å²) in [5.74, 6) is 0.933. The molecule has 19 heavy (non-hydrogen) atoms. The number of ketones is 1. The quantitative estimate of drug-likeness (QED) is 0.736. The maximum atomic E-state index is 12.2. The molecule has 0 aliphatic rings. The normalized spacial score (nSPS) is 10.4. The van der Waals surface area contributed by atoms with E-state index in [2.05, 4.69) is 22.0 Å². The summed E-state index contributed by atoms with van der Waals surface area (Å²) in [6.07, 6.45) is 4.21. The summed E-state index contributed by atoms with van der Waals surface area (Å²) in [4.78, 5) is 20.4.